The Labute approximate surface area is 190 Å². The highest BCUT2D eigenvalue weighted by molar-refractivity contribution is 7.86. The lowest BCUT2D eigenvalue weighted by molar-refractivity contribution is 0.479. The summed E-state index contributed by atoms with van der Waals surface area (Å²) in [6.07, 6.45) is 0.307. The molecular weight excluding hydrogens is 452 g/mol. The number of nitrogens with one attached hydrogen (secondary N) is 2. The molecule has 10 heteroatoms. The van der Waals surface area contributed by atoms with E-state index in [0.717, 1.165) is 0 Å². The molecular formula is C22H32N2O6S2. The summed E-state index contributed by atoms with van der Waals surface area (Å²) in [5.74, 6) is 0.696. The van der Waals surface area contributed by atoms with Gasteiger partial charge in [0.15, 0.2) is 0 Å². The van der Waals surface area contributed by atoms with Crippen LogP contribution in [0, 0.1) is 11.8 Å². The lowest BCUT2D eigenvalue weighted by Crippen LogP contribution is -2.11. The van der Waals surface area contributed by atoms with Gasteiger partial charge in [-0.05, 0) is 60.1 Å². The van der Waals surface area contributed by atoms with Crippen LogP contribution in [-0.4, -0.2) is 39.0 Å². The molecule has 0 saturated heterocycles. The van der Waals surface area contributed by atoms with Gasteiger partial charge < -0.3 is 10.6 Å². The van der Waals surface area contributed by atoms with Crippen LogP contribution in [0.2, 0.25) is 0 Å². The van der Waals surface area contributed by atoms with E-state index < -0.39 is 20.2 Å². The third-order valence-corrected chi connectivity index (χ3v) is 6.65. The third kappa shape index (κ3) is 7.77. The summed E-state index contributed by atoms with van der Waals surface area (Å²) in [4.78, 5) is -0.454. The highest BCUT2D eigenvalue weighted by atomic mass is 32.2. The summed E-state index contributed by atoms with van der Waals surface area (Å²) in [5, 5.41) is 6.24. The van der Waals surface area contributed by atoms with E-state index in [-0.39, 0.29) is 22.6 Å². The van der Waals surface area contributed by atoms with Crippen LogP contribution in [0.5, 0.6) is 0 Å². The molecule has 0 heterocycles. The summed E-state index contributed by atoms with van der Waals surface area (Å²) in [6.45, 7) is 9.34. The van der Waals surface area contributed by atoms with Gasteiger partial charge in [-0.3, -0.25) is 9.11 Å². The van der Waals surface area contributed by atoms with Crippen molar-refractivity contribution in [2.75, 3.05) is 23.7 Å². The van der Waals surface area contributed by atoms with E-state index in [1.807, 2.05) is 27.7 Å². The number of aryl methyl sites for hydroxylation is 2. The molecule has 0 unspecified atom stereocenters. The van der Waals surface area contributed by atoms with E-state index in [1.54, 1.807) is 24.3 Å². The standard InChI is InChI=1S/C22H32N2O6S2/c1-15(2)13-23-19-9-7-17(21(11-19)31(25,26)27)5-6-18-8-10-20(24-14-16(3)4)12-22(18)32(28,29)30/h7-12,15-16,23-24H,5-6,13-14H2,1-4H3,(H,25,26,27)(H,28,29,30). The van der Waals surface area contributed by atoms with E-state index in [0.29, 0.717) is 47.4 Å². The first-order valence-electron chi connectivity index (χ1n) is 10.5. The Hall–Kier alpha value is -2.14. The lowest BCUT2D eigenvalue weighted by Gasteiger charge is -2.15. The van der Waals surface area contributed by atoms with Crippen LogP contribution in [0.1, 0.15) is 38.8 Å². The second kappa shape index (κ2) is 10.7. The molecule has 0 aliphatic carbocycles. The molecule has 32 heavy (non-hydrogen) atoms. The highest BCUT2D eigenvalue weighted by Crippen LogP contribution is 2.26. The number of rotatable bonds is 11. The molecule has 0 bridgehead atoms. The zero-order chi connectivity index (χ0) is 24.1. The molecule has 2 rings (SSSR count). The van der Waals surface area contributed by atoms with Crippen LogP contribution in [0.25, 0.3) is 0 Å². The van der Waals surface area contributed by atoms with Crippen LogP contribution < -0.4 is 10.6 Å². The molecule has 178 valence electrons. The first kappa shape index (κ1) is 26.1. The Morgan fingerprint density at radius 1 is 0.688 bits per heavy atom. The zero-order valence-electron chi connectivity index (χ0n) is 18.8. The van der Waals surface area contributed by atoms with Crippen LogP contribution >= 0.6 is 0 Å². The van der Waals surface area contributed by atoms with Crippen molar-refractivity contribution in [2.24, 2.45) is 11.8 Å². The van der Waals surface area contributed by atoms with Crippen LogP contribution in [0.15, 0.2) is 46.2 Å². The number of anilines is 2. The SMILES string of the molecule is CC(C)CNc1ccc(CCc2ccc(NCC(C)C)cc2S(=O)(=O)O)c(S(=O)(=O)O)c1. The molecule has 0 aliphatic heterocycles. The maximum Gasteiger partial charge on any atom is 0.294 e. The molecule has 0 amide bonds. The average molecular weight is 485 g/mol. The Bertz CT molecular complexity index is 1050. The minimum Gasteiger partial charge on any atom is -0.385 e. The van der Waals surface area contributed by atoms with E-state index in [9.17, 15) is 25.9 Å². The first-order chi connectivity index (χ1) is 14.8. The summed E-state index contributed by atoms with van der Waals surface area (Å²) in [7, 11) is -8.95. The maximum atomic E-state index is 11.9. The molecule has 8 nitrogen and oxygen atoms in total. The Morgan fingerprint density at radius 3 is 1.31 bits per heavy atom. The van der Waals surface area contributed by atoms with Gasteiger partial charge >= 0.3 is 0 Å². The van der Waals surface area contributed by atoms with Gasteiger partial charge in [0.05, 0.1) is 9.79 Å². The quantitative estimate of drug-likeness (QED) is 0.350. The van der Waals surface area contributed by atoms with Crippen molar-refractivity contribution in [3.8, 4) is 0 Å². The topological polar surface area (TPSA) is 133 Å². The van der Waals surface area contributed by atoms with Gasteiger partial charge in [-0.2, -0.15) is 16.8 Å². The maximum absolute atomic E-state index is 11.9. The molecule has 0 aromatic heterocycles. The van der Waals surface area contributed by atoms with Gasteiger partial charge in [-0.25, -0.2) is 0 Å². The van der Waals surface area contributed by atoms with Crippen LogP contribution in [0.4, 0.5) is 11.4 Å². The third-order valence-electron chi connectivity index (χ3n) is 4.78. The van der Waals surface area contributed by atoms with Crippen molar-refractivity contribution >= 4 is 31.6 Å². The molecule has 2 aromatic rings. The van der Waals surface area contributed by atoms with Crippen molar-refractivity contribution in [3.05, 3.63) is 47.5 Å². The fraction of sp³-hybridized carbons (Fsp3) is 0.455. The molecule has 0 atom stereocenters. The summed E-state index contributed by atoms with van der Waals surface area (Å²) in [5.41, 5.74) is 1.83. The Kier molecular flexibility index (Phi) is 8.69. The molecule has 4 N–H and O–H groups in total. The second-order valence-corrected chi connectivity index (χ2v) is 11.4. The number of benzene rings is 2. The molecule has 2 aromatic carbocycles. The van der Waals surface area contributed by atoms with E-state index in [2.05, 4.69) is 10.6 Å². The molecule has 0 aliphatic rings. The molecule has 0 radical (unpaired) electrons. The Balaban J connectivity index is 2.32. The zero-order valence-corrected chi connectivity index (χ0v) is 20.4. The normalized spacial score (nSPS) is 12.4. The van der Waals surface area contributed by atoms with Crippen molar-refractivity contribution < 1.29 is 25.9 Å². The van der Waals surface area contributed by atoms with Gasteiger partial charge in [0.1, 0.15) is 0 Å². The van der Waals surface area contributed by atoms with Gasteiger partial charge in [0.2, 0.25) is 0 Å². The molecule has 0 fully saturated rings. The molecule has 0 spiro atoms. The minimum absolute atomic E-state index is 0.154. The summed E-state index contributed by atoms with van der Waals surface area (Å²) >= 11 is 0. The Morgan fingerprint density at radius 2 is 1.03 bits per heavy atom. The largest absolute Gasteiger partial charge is 0.385 e. The van der Waals surface area contributed by atoms with Crippen LogP contribution in [-0.2, 0) is 33.1 Å². The monoisotopic (exact) mass is 484 g/mol. The van der Waals surface area contributed by atoms with Crippen molar-refractivity contribution in [1.82, 2.24) is 0 Å². The van der Waals surface area contributed by atoms with E-state index >= 15 is 0 Å². The smallest absolute Gasteiger partial charge is 0.294 e. The fourth-order valence-corrected chi connectivity index (χ4v) is 4.69. The average Bonchev–Trinajstić information content (AvgIpc) is 2.68. The van der Waals surface area contributed by atoms with Crippen molar-refractivity contribution in [2.45, 2.75) is 50.3 Å². The van der Waals surface area contributed by atoms with Gasteiger partial charge in [0, 0.05) is 24.5 Å². The first-order valence-corrected chi connectivity index (χ1v) is 13.3. The summed E-state index contributed by atoms with van der Waals surface area (Å²) < 4.78 is 67.1. The summed E-state index contributed by atoms with van der Waals surface area (Å²) in [6, 6.07) is 9.37. The van der Waals surface area contributed by atoms with Crippen molar-refractivity contribution in [3.63, 3.8) is 0 Å². The molecule has 0 saturated carbocycles. The highest BCUT2D eigenvalue weighted by Gasteiger charge is 2.20. The second-order valence-electron chi connectivity index (χ2n) is 8.64. The van der Waals surface area contributed by atoms with E-state index in [4.69, 9.17) is 0 Å². The minimum atomic E-state index is -4.48. The number of hydrogen-bond donors (Lipinski definition) is 4. The number of hydrogen-bond acceptors (Lipinski definition) is 6. The fourth-order valence-electron chi connectivity index (χ4n) is 3.14. The predicted molar refractivity (Wildman–Crippen MR) is 127 cm³/mol. The van der Waals surface area contributed by atoms with Crippen molar-refractivity contribution in [1.29, 1.82) is 0 Å². The predicted octanol–water partition coefficient (Wildman–Crippen LogP) is 4.10. The van der Waals surface area contributed by atoms with Gasteiger partial charge in [-0.1, -0.05) is 39.8 Å². The van der Waals surface area contributed by atoms with Gasteiger partial charge in [-0.15, -0.1) is 0 Å². The van der Waals surface area contributed by atoms with Crippen LogP contribution in [0.3, 0.4) is 0 Å². The van der Waals surface area contributed by atoms with Gasteiger partial charge in [0.25, 0.3) is 20.2 Å². The van der Waals surface area contributed by atoms with E-state index in [1.165, 1.54) is 12.1 Å². The lowest BCUT2D eigenvalue weighted by atomic mass is 10.0.